The maximum atomic E-state index is 6.00. The largest absolute Gasteiger partial charge is 0.381 e. The molecule has 1 nitrogen and oxygen atoms in total. The Labute approximate surface area is 165 Å². The summed E-state index contributed by atoms with van der Waals surface area (Å²) in [6, 6.07) is 0. The molecule has 1 saturated carbocycles. The van der Waals surface area contributed by atoms with Crippen LogP contribution < -0.4 is 0 Å². The molecule has 1 heteroatoms. The van der Waals surface area contributed by atoms with Crippen LogP contribution in [0.3, 0.4) is 0 Å². The highest BCUT2D eigenvalue weighted by Gasteiger charge is 2.11. The number of rotatable bonds is 0. The molecule has 2 aliphatic heterocycles. The van der Waals surface area contributed by atoms with E-state index < -0.39 is 0 Å². The minimum atomic E-state index is 0.938. The fraction of sp³-hybridized carbons (Fsp3) is 1.00. The second kappa shape index (κ2) is 16.0. The van der Waals surface area contributed by atoms with Crippen molar-refractivity contribution < 1.29 is 4.74 Å². The molecular weight excluding hydrogens is 316 g/mol. The molecule has 2 bridgehead atoms. The summed E-state index contributed by atoms with van der Waals surface area (Å²) in [5.41, 5.74) is 0. The van der Waals surface area contributed by atoms with E-state index in [9.17, 15) is 0 Å². The van der Waals surface area contributed by atoms with Crippen molar-refractivity contribution >= 4 is 0 Å². The molecule has 0 aromatic carbocycles. The summed E-state index contributed by atoms with van der Waals surface area (Å²) in [6.07, 6.45) is 30.7. The Balaban J connectivity index is 1.87. The third-order valence-electron chi connectivity index (χ3n) is 7.02. The second-order valence-corrected chi connectivity index (χ2v) is 9.38. The van der Waals surface area contributed by atoms with E-state index in [1.807, 2.05) is 0 Å². The molecule has 1 aliphatic carbocycles. The number of ether oxygens (including phenoxy) is 1. The lowest BCUT2D eigenvalue weighted by Gasteiger charge is -2.19. The third-order valence-corrected chi connectivity index (χ3v) is 7.02. The van der Waals surface area contributed by atoms with Crippen LogP contribution in [0.2, 0.25) is 0 Å². The Kier molecular flexibility index (Phi) is 13.7. The minimum absolute atomic E-state index is 0.938. The Bertz CT molecular complexity index is 223. The van der Waals surface area contributed by atoms with Crippen LogP contribution in [0.5, 0.6) is 0 Å². The SMILES string of the molecule is C1CCCCC2CCCCCCCCC(CCC1)CCCCCOCC2. The quantitative estimate of drug-likeness (QED) is 0.419. The van der Waals surface area contributed by atoms with Gasteiger partial charge in [0.25, 0.3) is 0 Å². The van der Waals surface area contributed by atoms with E-state index >= 15 is 0 Å². The highest BCUT2D eigenvalue weighted by atomic mass is 16.5. The van der Waals surface area contributed by atoms with Gasteiger partial charge in [-0.15, -0.1) is 0 Å². The predicted octanol–water partition coefficient (Wildman–Crippen LogP) is 8.45. The molecule has 0 spiro atoms. The molecule has 2 saturated heterocycles. The van der Waals surface area contributed by atoms with Gasteiger partial charge >= 0.3 is 0 Å². The highest BCUT2D eigenvalue weighted by Crippen LogP contribution is 2.26. The lowest BCUT2D eigenvalue weighted by Crippen LogP contribution is -2.08. The van der Waals surface area contributed by atoms with Gasteiger partial charge in [-0.25, -0.2) is 0 Å². The zero-order valence-electron chi connectivity index (χ0n) is 17.8. The standard InChI is InChI=1S/C25H48O/c1-3-7-12-19-25-20-13-8-4-2-6-11-17-24(16-10-5-1)18-14-9-15-22-26-23-21-25/h24-25H,1-23H2. The molecule has 0 N–H and O–H groups in total. The first-order valence-corrected chi connectivity index (χ1v) is 12.5. The van der Waals surface area contributed by atoms with Crippen LogP contribution in [-0.2, 0) is 4.74 Å². The van der Waals surface area contributed by atoms with Gasteiger partial charge < -0.3 is 4.74 Å². The van der Waals surface area contributed by atoms with Crippen LogP contribution in [-0.4, -0.2) is 13.2 Å². The molecule has 26 heavy (non-hydrogen) atoms. The number of hydrogen-bond donors (Lipinski definition) is 0. The van der Waals surface area contributed by atoms with Crippen LogP contribution in [0.4, 0.5) is 0 Å². The Morgan fingerprint density at radius 3 is 1.12 bits per heavy atom. The van der Waals surface area contributed by atoms with E-state index in [0.29, 0.717) is 0 Å². The van der Waals surface area contributed by atoms with E-state index in [1.54, 1.807) is 0 Å². The Hall–Kier alpha value is -0.0400. The average molecular weight is 365 g/mol. The summed E-state index contributed by atoms with van der Waals surface area (Å²) in [5, 5.41) is 0. The van der Waals surface area contributed by atoms with Gasteiger partial charge in [-0.2, -0.15) is 0 Å². The summed E-state index contributed by atoms with van der Waals surface area (Å²) in [4.78, 5) is 0. The molecule has 0 unspecified atom stereocenters. The molecule has 0 amide bonds. The van der Waals surface area contributed by atoms with Crippen LogP contribution in [0, 0.1) is 11.8 Å². The molecule has 0 radical (unpaired) electrons. The summed E-state index contributed by atoms with van der Waals surface area (Å²) in [6.45, 7) is 2.03. The van der Waals surface area contributed by atoms with Crippen LogP contribution >= 0.6 is 0 Å². The summed E-state index contributed by atoms with van der Waals surface area (Å²) < 4.78 is 6.00. The van der Waals surface area contributed by atoms with Gasteiger partial charge in [0.2, 0.25) is 0 Å². The van der Waals surface area contributed by atoms with E-state index in [2.05, 4.69) is 0 Å². The normalized spacial score (nSPS) is 30.5. The van der Waals surface area contributed by atoms with Crippen LogP contribution in [0.1, 0.15) is 135 Å². The van der Waals surface area contributed by atoms with E-state index in [-0.39, 0.29) is 0 Å². The summed E-state index contributed by atoms with van der Waals surface area (Å²) in [7, 11) is 0. The molecule has 0 atom stereocenters. The van der Waals surface area contributed by atoms with Gasteiger partial charge in [-0.05, 0) is 24.7 Å². The second-order valence-electron chi connectivity index (χ2n) is 9.38. The molecule has 0 aromatic heterocycles. The van der Waals surface area contributed by atoms with Crippen molar-refractivity contribution in [2.24, 2.45) is 11.8 Å². The van der Waals surface area contributed by atoms with Crippen molar-refractivity contribution in [1.82, 2.24) is 0 Å². The fourth-order valence-corrected chi connectivity index (χ4v) is 5.18. The van der Waals surface area contributed by atoms with E-state index in [0.717, 1.165) is 25.0 Å². The van der Waals surface area contributed by atoms with Crippen molar-refractivity contribution in [3.05, 3.63) is 0 Å². The lowest BCUT2D eigenvalue weighted by molar-refractivity contribution is 0.112. The monoisotopic (exact) mass is 364 g/mol. The number of fused-ring (bicyclic) bond motifs is 21. The first-order chi connectivity index (χ1) is 12.9. The van der Waals surface area contributed by atoms with Crippen molar-refractivity contribution in [2.45, 2.75) is 135 Å². The highest BCUT2D eigenvalue weighted by molar-refractivity contribution is 4.64. The van der Waals surface area contributed by atoms with Crippen molar-refractivity contribution in [3.63, 3.8) is 0 Å². The molecule has 3 fully saturated rings. The summed E-state index contributed by atoms with van der Waals surface area (Å²) >= 11 is 0. The minimum Gasteiger partial charge on any atom is -0.381 e. The summed E-state index contributed by atoms with van der Waals surface area (Å²) in [5.74, 6) is 1.96. The Morgan fingerprint density at radius 2 is 0.654 bits per heavy atom. The van der Waals surface area contributed by atoms with Gasteiger partial charge in [0, 0.05) is 13.2 Å². The predicted molar refractivity (Wildman–Crippen MR) is 115 cm³/mol. The molecular formula is C25H48O. The van der Waals surface area contributed by atoms with Crippen LogP contribution in [0.15, 0.2) is 0 Å². The van der Waals surface area contributed by atoms with Gasteiger partial charge in [0.15, 0.2) is 0 Å². The zero-order chi connectivity index (χ0) is 18.1. The molecule has 154 valence electrons. The van der Waals surface area contributed by atoms with Gasteiger partial charge in [-0.1, -0.05) is 122 Å². The average Bonchev–Trinajstić information content (AvgIpc) is 2.65. The maximum absolute atomic E-state index is 6.00. The maximum Gasteiger partial charge on any atom is 0.0468 e. The fourth-order valence-electron chi connectivity index (χ4n) is 5.18. The zero-order valence-corrected chi connectivity index (χ0v) is 17.8. The molecule has 2 heterocycles. The van der Waals surface area contributed by atoms with Gasteiger partial charge in [0.05, 0.1) is 0 Å². The van der Waals surface area contributed by atoms with E-state index in [4.69, 9.17) is 4.74 Å². The lowest BCUT2D eigenvalue weighted by atomic mass is 9.88. The van der Waals surface area contributed by atoms with Crippen molar-refractivity contribution in [1.29, 1.82) is 0 Å². The smallest absolute Gasteiger partial charge is 0.0468 e. The van der Waals surface area contributed by atoms with Crippen molar-refractivity contribution in [2.75, 3.05) is 13.2 Å². The molecule has 3 rings (SSSR count). The first-order valence-electron chi connectivity index (χ1n) is 12.5. The molecule has 3 aliphatic rings. The van der Waals surface area contributed by atoms with E-state index in [1.165, 1.54) is 135 Å². The molecule has 0 aromatic rings. The van der Waals surface area contributed by atoms with Crippen molar-refractivity contribution in [3.8, 4) is 0 Å². The third kappa shape index (κ3) is 11.6. The Morgan fingerprint density at radius 1 is 0.308 bits per heavy atom. The van der Waals surface area contributed by atoms with Gasteiger partial charge in [0.1, 0.15) is 0 Å². The van der Waals surface area contributed by atoms with Gasteiger partial charge in [-0.3, -0.25) is 0 Å². The first kappa shape index (κ1) is 22.3. The number of hydrogen-bond acceptors (Lipinski definition) is 1. The van der Waals surface area contributed by atoms with Crippen LogP contribution in [0.25, 0.3) is 0 Å². The topological polar surface area (TPSA) is 9.23 Å².